The van der Waals surface area contributed by atoms with Gasteiger partial charge in [0.25, 0.3) is 11.8 Å². The largest absolute Gasteiger partial charge is 0.418 e. The molecule has 0 bridgehead atoms. The van der Waals surface area contributed by atoms with Gasteiger partial charge >= 0.3 is 6.18 Å². The third-order valence-electron chi connectivity index (χ3n) is 4.60. The lowest BCUT2D eigenvalue weighted by Gasteiger charge is -2.18. The molecule has 0 aliphatic heterocycles. The normalized spacial score (nSPS) is 11.3. The van der Waals surface area contributed by atoms with Crippen LogP contribution in [0.1, 0.15) is 40.3 Å². The van der Waals surface area contributed by atoms with Crippen molar-refractivity contribution in [1.82, 2.24) is 19.9 Å². The molecule has 1 N–H and O–H groups in total. The van der Waals surface area contributed by atoms with E-state index in [4.69, 9.17) is 0 Å². The summed E-state index contributed by atoms with van der Waals surface area (Å²) in [6.45, 7) is 4.84. The summed E-state index contributed by atoms with van der Waals surface area (Å²) < 4.78 is 40.6. The van der Waals surface area contributed by atoms with Crippen LogP contribution in [0.3, 0.4) is 0 Å². The molecule has 3 rings (SSSR count). The number of carbonyl (C=O) groups excluding carboxylic acids is 2. The second-order valence-corrected chi connectivity index (χ2v) is 6.58. The first-order chi connectivity index (χ1) is 14.7. The molecule has 1 heterocycles. The topological polar surface area (TPSA) is 80.1 Å². The lowest BCUT2D eigenvalue weighted by atomic mass is 10.1. The number of alkyl halides is 3. The number of amides is 2. The highest BCUT2D eigenvalue weighted by Gasteiger charge is 2.34. The van der Waals surface area contributed by atoms with Gasteiger partial charge in [0, 0.05) is 24.3 Å². The van der Waals surface area contributed by atoms with Crippen molar-refractivity contribution in [2.24, 2.45) is 0 Å². The molecule has 2 amide bonds. The third kappa shape index (κ3) is 4.90. The predicted molar refractivity (Wildman–Crippen MR) is 108 cm³/mol. The van der Waals surface area contributed by atoms with Gasteiger partial charge < -0.3 is 10.2 Å². The van der Waals surface area contributed by atoms with Gasteiger partial charge in [-0.1, -0.05) is 23.4 Å². The molecule has 0 spiro atoms. The molecule has 0 aliphatic carbocycles. The number of para-hydroxylation sites is 1. The highest BCUT2D eigenvalue weighted by atomic mass is 19.4. The van der Waals surface area contributed by atoms with Gasteiger partial charge in [0.2, 0.25) is 0 Å². The van der Waals surface area contributed by atoms with E-state index in [1.807, 2.05) is 13.8 Å². The van der Waals surface area contributed by atoms with Crippen LogP contribution in [0, 0.1) is 0 Å². The molecular formula is C21H20F3N5O2. The van der Waals surface area contributed by atoms with E-state index in [9.17, 15) is 22.8 Å². The molecule has 0 atom stereocenters. The zero-order valence-corrected chi connectivity index (χ0v) is 16.8. The molecule has 2 aromatic carbocycles. The van der Waals surface area contributed by atoms with E-state index in [2.05, 4.69) is 15.6 Å². The van der Waals surface area contributed by atoms with Crippen molar-refractivity contribution in [2.75, 3.05) is 18.4 Å². The zero-order chi connectivity index (χ0) is 22.6. The van der Waals surface area contributed by atoms with Crippen molar-refractivity contribution < 1.29 is 22.8 Å². The summed E-state index contributed by atoms with van der Waals surface area (Å²) >= 11 is 0. The number of anilines is 1. The molecule has 0 saturated carbocycles. The molecule has 3 aromatic rings. The standard InChI is InChI=1S/C21H20F3N5O2/c1-3-28(4-2)20(31)14-8-7-9-15(12-14)25-19(30)17-13-29(27-26-17)18-11-6-5-10-16(18)21(22,23)24/h5-13H,3-4H2,1-2H3,(H,25,30). The highest BCUT2D eigenvalue weighted by molar-refractivity contribution is 6.03. The summed E-state index contributed by atoms with van der Waals surface area (Å²) in [6.07, 6.45) is -3.46. The van der Waals surface area contributed by atoms with Crippen molar-refractivity contribution in [1.29, 1.82) is 0 Å². The third-order valence-corrected chi connectivity index (χ3v) is 4.60. The Morgan fingerprint density at radius 3 is 2.45 bits per heavy atom. The van der Waals surface area contributed by atoms with Crippen molar-refractivity contribution in [3.05, 3.63) is 71.5 Å². The van der Waals surface area contributed by atoms with Gasteiger partial charge in [-0.25, -0.2) is 4.68 Å². The number of nitrogens with zero attached hydrogens (tertiary/aromatic N) is 4. The average molecular weight is 431 g/mol. The summed E-state index contributed by atoms with van der Waals surface area (Å²) in [5, 5.41) is 9.93. The van der Waals surface area contributed by atoms with Crippen molar-refractivity contribution in [3.8, 4) is 5.69 Å². The van der Waals surface area contributed by atoms with E-state index < -0.39 is 17.6 Å². The second-order valence-electron chi connectivity index (χ2n) is 6.58. The molecule has 31 heavy (non-hydrogen) atoms. The van der Waals surface area contributed by atoms with Crippen molar-refractivity contribution in [2.45, 2.75) is 20.0 Å². The fraction of sp³-hybridized carbons (Fsp3) is 0.238. The number of rotatable bonds is 6. The molecule has 7 nitrogen and oxygen atoms in total. The zero-order valence-electron chi connectivity index (χ0n) is 16.8. The summed E-state index contributed by atoms with van der Waals surface area (Å²) in [5.41, 5.74) is -0.544. The Labute approximate surface area is 176 Å². The van der Waals surface area contributed by atoms with E-state index in [0.717, 1.165) is 16.9 Å². The Morgan fingerprint density at radius 2 is 1.77 bits per heavy atom. The van der Waals surface area contributed by atoms with Crippen molar-refractivity contribution in [3.63, 3.8) is 0 Å². The van der Waals surface area contributed by atoms with Crippen LogP contribution < -0.4 is 5.32 Å². The Balaban J connectivity index is 1.81. The lowest BCUT2D eigenvalue weighted by Crippen LogP contribution is -2.30. The van der Waals surface area contributed by atoms with Crippen LogP contribution in [-0.2, 0) is 6.18 Å². The van der Waals surface area contributed by atoms with Crippen LogP contribution in [0.4, 0.5) is 18.9 Å². The fourth-order valence-corrected chi connectivity index (χ4v) is 3.02. The monoisotopic (exact) mass is 431 g/mol. The molecule has 0 unspecified atom stereocenters. The lowest BCUT2D eigenvalue weighted by molar-refractivity contribution is -0.137. The Morgan fingerprint density at radius 1 is 1.06 bits per heavy atom. The summed E-state index contributed by atoms with van der Waals surface area (Å²) in [4.78, 5) is 26.7. The second kappa shape index (κ2) is 8.99. The Kier molecular flexibility index (Phi) is 6.38. The van der Waals surface area contributed by atoms with Gasteiger partial charge in [-0.15, -0.1) is 5.10 Å². The minimum atomic E-state index is -4.58. The Hall–Kier alpha value is -3.69. The van der Waals surface area contributed by atoms with Gasteiger partial charge in [0.1, 0.15) is 0 Å². The SMILES string of the molecule is CCN(CC)C(=O)c1cccc(NC(=O)c2cn(-c3ccccc3C(F)(F)F)nn2)c1. The number of carbonyl (C=O) groups is 2. The first-order valence-corrected chi connectivity index (χ1v) is 9.54. The number of hydrogen-bond donors (Lipinski definition) is 1. The number of hydrogen-bond acceptors (Lipinski definition) is 4. The molecule has 0 aliphatic rings. The minimum absolute atomic E-state index is 0.169. The smallest absolute Gasteiger partial charge is 0.339 e. The average Bonchev–Trinajstić information content (AvgIpc) is 3.24. The predicted octanol–water partition coefficient (Wildman–Crippen LogP) is 4.02. The maximum atomic E-state index is 13.2. The van der Waals surface area contributed by atoms with E-state index in [-0.39, 0.29) is 17.3 Å². The van der Waals surface area contributed by atoms with Crippen molar-refractivity contribution >= 4 is 17.5 Å². The van der Waals surface area contributed by atoms with E-state index in [1.54, 1.807) is 23.1 Å². The molecule has 0 fully saturated rings. The summed E-state index contributed by atoms with van der Waals surface area (Å²) in [5.74, 6) is -0.834. The molecular weight excluding hydrogens is 411 g/mol. The van der Waals surface area contributed by atoms with Crippen LogP contribution in [0.15, 0.2) is 54.7 Å². The van der Waals surface area contributed by atoms with Gasteiger partial charge in [-0.2, -0.15) is 13.2 Å². The number of nitrogens with one attached hydrogen (secondary N) is 1. The number of halogens is 3. The van der Waals surface area contributed by atoms with Gasteiger partial charge in [-0.3, -0.25) is 9.59 Å². The first-order valence-electron chi connectivity index (χ1n) is 9.54. The van der Waals surface area contributed by atoms with E-state index in [0.29, 0.717) is 24.3 Å². The van der Waals surface area contributed by atoms with Crippen LogP contribution in [0.25, 0.3) is 5.69 Å². The van der Waals surface area contributed by atoms with Crippen LogP contribution in [0.5, 0.6) is 0 Å². The molecule has 1 aromatic heterocycles. The maximum Gasteiger partial charge on any atom is 0.418 e. The summed E-state index contributed by atoms with van der Waals surface area (Å²) in [7, 11) is 0. The number of aromatic nitrogens is 3. The van der Waals surface area contributed by atoms with Gasteiger partial charge in [-0.05, 0) is 44.2 Å². The van der Waals surface area contributed by atoms with E-state index >= 15 is 0 Å². The van der Waals surface area contributed by atoms with Crippen LogP contribution in [-0.4, -0.2) is 44.8 Å². The van der Waals surface area contributed by atoms with Gasteiger partial charge in [0.05, 0.1) is 17.4 Å². The maximum absolute atomic E-state index is 13.2. The Bertz CT molecular complexity index is 1090. The van der Waals surface area contributed by atoms with Gasteiger partial charge in [0.15, 0.2) is 5.69 Å². The first kappa shape index (κ1) is 22.0. The fourth-order valence-electron chi connectivity index (χ4n) is 3.02. The van der Waals surface area contributed by atoms with Crippen LogP contribution >= 0.6 is 0 Å². The van der Waals surface area contributed by atoms with Crippen LogP contribution in [0.2, 0.25) is 0 Å². The van der Waals surface area contributed by atoms with E-state index in [1.165, 1.54) is 24.3 Å². The summed E-state index contributed by atoms with van der Waals surface area (Å²) in [6, 6.07) is 11.3. The number of benzene rings is 2. The molecule has 0 saturated heterocycles. The molecule has 162 valence electrons. The minimum Gasteiger partial charge on any atom is -0.339 e. The molecule has 0 radical (unpaired) electrons. The highest BCUT2D eigenvalue weighted by Crippen LogP contribution is 2.33. The quantitative estimate of drug-likeness (QED) is 0.639. The molecule has 10 heteroatoms.